The molecule has 0 radical (unpaired) electrons. The Hall–Kier alpha value is -2.08. The topological polar surface area (TPSA) is 0 Å². The van der Waals surface area contributed by atoms with E-state index in [1.807, 2.05) is 13.8 Å². The Labute approximate surface area is 483 Å². The lowest BCUT2D eigenvalue weighted by Crippen LogP contribution is -2.12. The van der Waals surface area contributed by atoms with Crippen LogP contribution in [0.3, 0.4) is 0 Å². The summed E-state index contributed by atoms with van der Waals surface area (Å²) in [5, 5.41) is 0. The maximum Gasteiger partial charge on any atom is -0.0203 e. The Kier molecular flexibility index (Phi) is 45.9. The molecule has 0 spiro atoms. The van der Waals surface area contributed by atoms with Crippen molar-refractivity contribution in [2.45, 2.75) is 301 Å². The monoisotopic (exact) mass is 1060 g/mol. The summed E-state index contributed by atoms with van der Waals surface area (Å²) in [6.45, 7) is 62.3. The van der Waals surface area contributed by atoms with Gasteiger partial charge >= 0.3 is 0 Å². The second-order valence-electron chi connectivity index (χ2n) is 27.7. The van der Waals surface area contributed by atoms with Gasteiger partial charge in [-0.3, -0.25) is 0 Å². The maximum atomic E-state index is 4.18. The van der Waals surface area contributed by atoms with Crippen LogP contribution in [0.15, 0.2) is 85.0 Å². The molecule has 6 aliphatic carbocycles. The predicted molar refractivity (Wildman–Crippen MR) is 355 cm³/mol. The van der Waals surface area contributed by atoms with Gasteiger partial charge in [0, 0.05) is 0 Å². The molecule has 5 saturated carbocycles. The van der Waals surface area contributed by atoms with Crippen LogP contribution in [0.4, 0.5) is 0 Å². The number of hydrogen-bond donors (Lipinski definition) is 0. The number of rotatable bonds is 13. The number of benzene rings is 1. The maximum absolute atomic E-state index is 4.18. The molecular formula is C76H142. The van der Waals surface area contributed by atoms with Crippen LogP contribution in [-0.2, 0) is 12.8 Å². The van der Waals surface area contributed by atoms with E-state index in [1.54, 1.807) is 36.8 Å². The highest BCUT2D eigenvalue weighted by atomic mass is 14.4. The molecule has 446 valence electrons. The van der Waals surface area contributed by atoms with E-state index in [1.165, 1.54) is 156 Å². The first-order valence-corrected chi connectivity index (χ1v) is 32.1. The van der Waals surface area contributed by atoms with E-state index in [2.05, 4.69) is 175 Å². The molecule has 0 saturated heterocycles. The van der Waals surface area contributed by atoms with Gasteiger partial charge in [0.2, 0.25) is 0 Å². The molecule has 0 N–H and O–H groups in total. The molecule has 2 bridgehead atoms. The first kappa shape index (κ1) is 78.1. The van der Waals surface area contributed by atoms with Gasteiger partial charge in [-0.15, -0.1) is 0 Å². The van der Waals surface area contributed by atoms with Crippen LogP contribution in [-0.4, -0.2) is 0 Å². The summed E-state index contributed by atoms with van der Waals surface area (Å²) >= 11 is 0. The molecule has 76 heavy (non-hydrogen) atoms. The zero-order chi connectivity index (χ0) is 56.5. The Balaban J connectivity index is -0.000000813. The largest absolute Gasteiger partial charge is 0.0999 e. The van der Waals surface area contributed by atoms with Crippen molar-refractivity contribution in [2.24, 2.45) is 88.8 Å². The van der Waals surface area contributed by atoms with Crippen molar-refractivity contribution in [3.05, 3.63) is 96.2 Å². The normalized spacial score (nSPS) is 20.0. The summed E-state index contributed by atoms with van der Waals surface area (Å²) in [6.07, 6.45) is 34.4. The second kappa shape index (κ2) is 44.6. The minimum absolute atomic E-state index is 0. The van der Waals surface area contributed by atoms with E-state index >= 15 is 0 Å². The van der Waals surface area contributed by atoms with Crippen molar-refractivity contribution in [3.8, 4) is 0 Å². The summed E-state index contributed by atoms with van der Waals surface area (Å²) in [4.78, 5) is 0. The summed E-state index contributed by atoms with van der Waals surface area (Å²) in [5.41, 5.74) is 10.2. The highest BCUT2D eigenvalue weighted by molar-refractivity contribution is 5.32. The standard InChI is InChI=1S/C13H18.4C11H20.2C6H12.C5H12.2CH4/c1-10(2)7-11-8-12-5-3-4-6-13(12)9-11;1-8(2)5-11-7-9-3-4-10(11)6-9;3*1-9(2)10(3)11-7-5-4-6-8-11;2*1-5(2)6(3)4;1-4-5(2)3;;/h3-6,10-11H,7-9H2,1-2H3;8-11H,3-7H2,1-2H3;3*9,11H,3-8H2,1-2H3;2*6H,1H2,2-4H3;5H,4H2,1-3H3;2*1H4. The van der Waals surface area contributed by atoms with Crippen molar-refractivity contribution < 1.29 is 0 Å². The van der Waals surface area contributed by atoms with E-state index in [9.17, 15) is 0 Å². The van der Waals surface area contributed by atoms with Gasteiger partial charge in [-0.25, -0.2) is 0 Å². The third-order valence-corrected chi connectivity index (χ3v) is 18.0. The number of allylic oxidation sites excluding steroid dienone is 5. The molecule has 0 nitrogen and oxygen atoms in total. The van der Waals surface area contributed by atoms with Crippen LogP contribution < -0.4 is 0 Å². The first-order chi connectivity index (χ1) is 34.7. The summed E-state index contributed by atoms with van der Waals surface area (Å²) in [5.74, 6) is 12.9. The van der Waals surface area contributed by atoms with Crippen molar-refractivity contribution in [3.63, 3.8) is 0 Å². The summed E-state index contributed by atoms with van der Waals surface area (Å²) < 4.78 is 0. The van der Waals surface area contributed by atoms with Crippen molar-refractivity contribution in [1.29, 1.82) is 0 Å². The average molecular weight is 1060 g/mol. The lowest BCUT2D eigenvalue weighted by molar-refractivity contribution is 0.283. The van der Waals surface area contributed by atoms with Gasteiger partial charge in [-0.05, 0) is 197 Å². The first-order valence-electron chi connectivity index (χ1n) is 32.1. The van der Waals surface area contributed by atoms with E-state index in [0.717, 1.165) is 59.2 Å². The van der Waals surface area contributed by atoms with E-state index < -0.39 is 0 Å². The Bertz CT molecular complexity index is 1480. The molecule has 0 heteroatoms. The van der Waals surface area contributed by atoms with Gasteiger partial charge in [0.25, 0.3) is 0 Å². The van der Waals surface area contributed by atoms with Gasteiger partial charge in [-0.1, -0.05) is 288 Å². The van der Waals surface area contributed by atoms with Crippen molar-refractivity contribution in [2.75, 3.05) is 0 Å². The third kappa shape index (κ3) is 36.2. The zero-order valence-corrected chi connectivity index (χ0v) is 54.0. The fourth-order valence-electron chi connectivity index (χ4n) is 11.6. The van der Waals surface area contributed by atoms with Crippen LogP contribution in [0, 0.1) is 88.8 Å². The SMILES string of the molecule is C.C.C=C(C(C)C)C1CCCCC1.C=C(C(C)C)C1CCCCC1.C=C(C(C)C)C1CCCCC1.C=C(C)C(C)C.C=C(C)C(C)C.CC(C)CC1CC2CCC1C2.CC(C)CC1Cc2ccccc2C1.CCC(C)C. The minimum atomic E-state index is 0. The molecule has 0 aromatic heterocycles. The predicted octanol–water partition coefficient (Wildman–Crippen LogP) is 26.0. The van der Waals surface area contributed by atoms with Crippen molar-refractivity contribution >= 4 is 0 Å². The number of fused-ring (bicyclic) bond motifs is 3. The lowest BCUT2D eigenvalue weighted by atomic mass is 9.80. The molecule has 6 aliphatic rings. The molecular weight excluding hydrogens is 913 g/mol. The Morgan fingerprint density at radius 3 is 0.934 bits per heavy atom. The summed E-state index contributed by atoms with van der Waals surface area (Å²) in [6, 6.07) is 8.90. The lowest BCUT2D eigenvalue weighted by Gasteiger charge is -2.25. The van der Waals surface area contributed by atoms with E-state index in [4.69, 9.17) is 0 Å². The molecule has 1 aromatic rings. The summed E-state index contributed by atoms with van der Waals surface area (Å²) in [7, 11) is 0. The van der Waals surface area contributed by atoms with Gasteiger partial charge in [0.15, 0.2) is 0 Å². The molecule has 3 unspecified atom stereocenters. The quantitative estimate of drug-likeness (QED) is 0.173. The second-order valence-corrected chi connectivity index (χ2v) is 27.7. The zero-order valence-electron chi connectivity index (χ0n) is 54.0. The van der Waals surface area contributed by atoms with Gasteiger partial charge < -0.3 is 0 Å². The van der Waals surface area contributed by atoms with Crippen LogP contribution in [0.25, 0.3) is 0 Å². The van der Waals surface area contributed by atoms with E-state index in [-0.39, 0.29) is 14.9 Å². The fraction of sp³-hybridized carbons (Fsp3) is 0.789. The molecule has 5 fully saturated rings. The van der Waals surface area contributed by atoms with Gasteiger partial charge in [-0.2, -0.15) is 0 Å². The average Bonchev–Trinajstić information content (AvgIpc) is 4.11. The van der Waals surface area contributed by atoms with Crippen molar-refractivity contribution in [1.82, 2.24) is 0 Å². The van der Waals surface area contributed by atoms with Gasteiger partial charge in [0.1, 0.15) is 0 Å². The van der Waals surface area contributed by atoms with E-state index in [0.29, 0.717) is 29.6 Å². The highest BCUT2D eigenvalue weighted by Gasteiger charge is 2.39. The van der Waals surface area contributed by atoms with Crippen LogP contribution in [0.2, 0.25) is 0 Å². The molecule has 3 atom stereocenters. The Morgan fingerprint density at radius 2 is 0.724 bits per heavy atom. The minimum Gasteiger partial charge on any atom is -0.0999 e. The highest BCUT2D eigenvalue weighted by Crippen LogP contribution is 2.50. The van der Waals surface area contributed by atoms with Crippen LogP contribution in [0.1, 0.15) is 299 Å². The van der Waals surface area contributed by atoms with Crippen LogP contribution >= 0.6 is 0 Å². The Morgan fingerprint density at radius 1 is 0.421 bits per heavy atom. The smallest absolute Gasteiger partial charge is 0.0203 e. The number of hydrogen-bond acceptors (Lipinski definition) is 0. The molecule has 0 heterocycles. The molecule has 0 amide bonds. The molecule has 0 aliphatic heterocycles. The third-order valence-electron chi connectivity index (χ3n) is 18.0. The fourth-order valence-corrected chi connectivity index (χ4v) is 11.6. The molecule has 1 aromatic carbocycles. The van der Waals surface area contributed by atoms with Crippen LogP contribution in [0.5, 0.6) is 0 Å². The molecule has 7 rings (SSSR count). The van der Waals surface area contributed by atoms with Gasteiger partial charge in [0.05, 0.1) is 0 Å².